The van der Waals surface area contributed by atoms with Crippen LogP contribution in [0.3, 0.4) is 0 Å². The molecule has 2 aromatic rings. The highest BCUT2D eigenvalue weighted by molar-refractivity contribution is 6.30. The average Bonchev–Trinajstić information content (AvgIpc) is 2.87. The summed E-state index contributed by atoms with van der Waals surface area (Å²) in [6.07, 6.45) is 1.01. The minimum absolute atomic E-state index is 0.104. The molecular weight excluding hydrogens is 371 g/mol. The standard InChI is InChI=1S/C21H22ClFO4/c1-12(20(24)25)6-13-4-5-18(17(23)7-13)26-11-15-9-16(22)8-14-10-21(2,3)27-19(14)15/h4-5,7-9,12H,6,10-11H2,1-3H3,(H,24,25). The summed E-state index contributed by atoms with van der Waals surface area (Å²) in [6, 6.07) is 8.17. The molecule has 0 saturated heterocycles. The van der Waals surface area contributed by atoms with Crippen LogP contribution in [-0.4, -0.2) is 16.7 Å². The van der Waals surface area contributed by atoms with Crippen molar-refractivity contribution in [3.05, 3.63) is 57.9 Å². The number of rotatable bonds is 6. The van der Waals surface area contributed by atoms with Gasteiger partial charge in [-0.15, -0.1) is 0 Å². The Kier molecular flexibility index (Phi) is 5.33. The van der Waals surface area contributed by atoms with Crippen molar-refractivity contribution in [2.24, 2.45) is 5.92 Å². The third-order valence-corrected chi connectivity index (χ3v) is 4.76. The fourth-order valence-corrected chi connectivity index (χ4v) is 3.50. The molecule has 0 spiro atoms. The molecule has 1 heterocycles. The quantitative estimate of drug-likeness (QED) is 0.748. The predicted molar refractivity (Wildman–Crippen MR) is 101 cm³/mol. The molecule has 1 N–H and O–H groups in total. The van der Waals surface area contributed by atoms with Crippen LogP contribution in [0.2, 0.25) is 5.02 Å². The lowest BCUT2D eigenvalue weighted by Gasteiger charge is -2.18. The van der Waals surface area contributed by atoms with Gasteiger partial charge >= 0.3 is 5.97 Å². The minimum atomic E-state index is -0.909. The Hall–Kier alpha value is -2.27. The molecule has 2 aromatic carbocycles. The number of aliphatic carboxylic acids is 1. The predicted octanol–water partition coefficient (Wildman–Crippen LogP) is 5.03. The molecule has 1 aliphatic rings. The number of halogens is 2. The van der Waals surface area contributed by atoms with Crippen LogP contribution < -0.4 is 9.47 Å². The second kappa shape index (κ2) is 7.39. The van der Waals surface area contributed by atoms with Crippen LogP contribution in [0.5, 0.6) is 11.5 Å². The van der Waals surface area contributed by atoms with Gasteiger partial charge in [0.1, 0.15) is 18.0 Å². The minimum Gasteiger partial charge on any atom is -0.487 e. The molecular formula is C21H22ClFO4. The van der Waals surface area contributed by atoms with Gasteiger partial charge in [-0.3, -0.25) is 4.79 Å². The van der Waals surface area contributed by atoms with Gasteiger partial charge in [0.2, 0.25) is 0 Å². The number of fused-ring (bicyclic) bond motifs is 1. The highest BCUT2D eigenvalue weighted by atomic mass is 35.5. The third kappa shape index (κ3) is 4.53. The molecule has 27 heavy (non-hydrogen) atoms. The fraction of sp³-hybridized carbons (Fsp3) is 0.381. The van der Waals surface area contributed by atoms with Gasteiger partial charge < -0.3 is 14.6 Å². The summed E-state index contributed by atoms with van der Waals surface area (Å²) in [7, 11) is 0. The number of carbonyl (C=O) groups is 1. The van der Waals surface area contributed by atoms with E-state index in [0.717, 1.165) is 23.3 Å². The lowest BCUT2D eigenvalue weighted by Crippen LogP contribution is -2.25. The zero-order valence-corrected chi connectivity index (χ0v) is 16.3. The lowest BCUT2D eigenvalue weighted by atomic mass is 10.0. The number of hydrogen-bond acceptors (Lipinski definition) is 3. The van der Waals surface area contributed by atoms with Crippen molar-refractivity contribution in [1.29, 1.82) is 0 Å². The van der Waals surface area contributed by atoms with Crippen LogP contribution in [0, 0.1) is 11.7 Å². The zero-order valence-electron chi connectivity index (χ0n) is 15.5. The Morgan fingerprint density at radius 3 is 2.78 bits per heavy atom. The monoisotopic (exact) mass is 392 g/mol. The van der Waals surface area contributed by atoms with Crippen molar-refractivity contribution in [3.63, 3.8) is 0 Å². The van der Waals surface area contributed by atoms with Crippen LogP contribution in [0.15, 0.2) is 30.3 Å². The molecule has 0 amide bonds. The summed E-state index contributed by atoms with van der Waals surface area (Å²) in [5.41, 5.74) is 2.09. The molecule has 1 unspecified atom stereocenters. The van der Waals surface area contributed by atoms with Gasteiger partial charge in [0.25, 0.3) is 0 Å². The van der Waals surface area contributed by atoms with Crippen LogP contribution in [0.1, 0.15) is 37.5 Å². The van der Waals surface area contributed by atoms with Crippen molar-refractivity contribution < 1.29 is 23.8 Å². The van der Waals surface area contributed by atoms with E-state index in [1.54, 1.807) is 19.1 Å². The largest absolute Gasteiger partial charge is 0.487 e. The SMILES string of the molecule is CC(Cc1ccc(OCc2cc(Cl)cc3c2OC(C)(C)C3)c(F)c1)C(=O)O. The topological polar surface area (TPSA) is 55.8 Å². The highest BCUT2D eigenvalue weighted by Crippen LogP contribution is 2.40. The summed E-state index contributed by atoms with van der Waals surface area (Å²) in [5, 5.41) is 9.56. The molecule has 4 nitrogen and oxygen atoms in total. The molecule has 0 aromatic heterocycles. The molecule has 1 atom stereocenters. The molecule has 1 aliphatic heterocycles. The summed E-state index contributed by atoms with van der Waals surface area (Å²) < 4.78 is 26.0. The Labute approximate surface area is 162 Å². The summed E-state index contributed by atoms with van der Waals surface area (Å²) in [4.78, 5) is 10.9. The van der Waals surface area contributed by atoms with E-state index in [9.17, 15) is 9.18 Å². The second-order valence-corrected chi connectivity index (χ2v) is 8.02. The second-order valence-electron chi connectivity index (χ2n) is 7.59. The zero-order chi connectivity index (χ0) is 19.8. The van der Waals surface area contributed by atoms with E-state index < -0.39 is 17.7 Å². The Balaban J connectivity index is 1.74. The van der Waals surface area contributed by atoms with Gasteiger partial charge in [-0.05, 0) is 55.7 Å². The molecule has 0 aliphatic carbocycles. The highest BCUT2D eigenvalue weighted by Gasteiger charge is 2.32. The first-order valence-corrected chi connectivity index (χ1v) is 9.17. The molecule has 0 saturated carbocycles. The summed E-state index contributed by atoms with van der Waals surface area (Å²) >= 11 is 6.20. The van der Waals surface area contributed by atoms with Gasteiger partial charge in [-0.25, -0.2) is 4.39 Å². The Bertz CT molecular complexity index is 879. The van der Waals surface area contributed by atoms with Gasteiger partial charge in [0.05, 0.1) is 5.92 Å². The summed E-state index contributed by atoms with van der Waals surface area (Å²) in [6.45, 7) is 5.72. The van der Waals surface area contributed by atoms with Crippen LogP contribution >= 0.6 is 11.6 Å². The normalized spacial score (nSPS) is 15.7. The summed E-state index contributed by atoms with van der Waals surface area (Å²) in [5.74, 6) is -1.16. The molecule has 0 radical (unpaired) electrons. The van der Waals surface area contributed by atoms with E-state index in [1.165, 1.54) is 12.1 Å². The first-order valence-electron chi connectivity index (χ1n) is 8.79. The fourth-order valence-electron chi connectivity index (χ4n) is 3.24. The van der Waals surface area contributed by atoms with Crippen molar-refractivity contribution in [3.8, 4) is 11.5 Å². The molecule has 6 heteroatoms. The number of hydrogen-bond donors (Lipinski definition) is 1. The maximum Gasteiger partial charge on any atom is 0.306 e. The Morgan fingerprint density at radius 2 is 2.11 bits per heavy atom. The van der Waals surface area contributed by atoms with Gasteiger partial charge in [0, 0.05) is 17.0 Å². The molecule has 3 rings (SSSR count). The van der Waals surface area contributed by atoms with Gasteiger partial charge in [-0.1, -0.05) is 24.6 Å². The molecule has 144 valence electrons. The smallest absolute Gasteiger partial charge is 0.306 e. The Morgan fingerprint density at radius 1 is 1.37 bits per heavy atom. The number of carboxylic acid groups (broad SMARTS) is 1. The first-order chi connectivity index (χ1) is 12.6. The number of benzene rings is 2. The van der Waals surface area contributed by atoms with E-state index in [2.05, 4.69) is 0 Å². The van der Waals surface area contributed by atoms with Crippen molar-refractivity contribution in [2.45, 2.75) is 45.8 Å². The first kappa shape index (κ1) is 19.5. The van der Waals surface area contributed by atoms with Crippen LogP contribution in [0.25, 0.3) is 0 Å². The van der Waals surface area contributed by atoms with Crippen LogP contribution in [0.4, 0.5) is 4.39 Å². The number of carboxylic acids is 1. The van der Waals surface area contributed by atoms with Gasteiger partial charge in [-0.2, -0.15) is 0 Å². The van der Waals surface area contributed by atoms with Crippen molar-refractivity contribution in [1.82, 2.24) is 0 Å². The van der Waals surface area contributed by atoms with Crippen molar-refractivity contribution >= 4 is 17.6 Å². The number of ether oxygens (including phenoxy) is 2. The molecule has 0 bridgehead atoms. The lowest BCUT2D eigenvalue weighted by molar-refractivity contribution is -0.141. The van der Waals surface area contributed by atoms with E-state index in [1.807, 2.05) is 19.9 Å². The van der Waals surface area contributed by atoms with Crippen LogP contribution in [-0.2, 0) is 24.2 Å². The molecule has 0 fully saturated rings. The van der Waals surface area contributed by atoms with E-state index in [0.29, 0.717) is 10.6 Å². The average molecular weight is 393 g/mol. The van der Waals surface area contributed by atoms with E-state index in [-0.39, 0.29) is 24.4 Å². The maximum atomic E-state index is 14.4. The van der Waals surface area contributed by atoms with Gasteiger partial charge in [0.15, 0.2) is 11.6 Å². The maximum absolute atomic E-state index is 14.4. The van der Waals surface area contributed by atoms with Crippen molar-refractivity contribution in [2.75, 3.05) is 0 Å². The van der Waals surface area contributed by atoms with E-state index in [4.69, 9.17) is 26.2 Å². The van der Waals surface area contributed by atoms with E-state index >= 15 is 0 Å². The third-order valence-electron chi connectivity index (χ3n) is 4.54.